The molecule has 22 heavy (non-hydrogen) atoms. The molecule has 0 amide bonds. The average Bonchev–Trinajstić information content (AvgIpc) is 2.37. The lowest BCUT2D eigenvalue weighted by molar-refractivity contribution is -0.270. The van der Waals surface area contributed by atoms with Gasteiger partial charge in [0.15, 0.2) is 5.60 Å². The Morgan fingerprint density at radius 2 is 1.68 bits per heavy atom. The molecule has 0 radical (unpaired) electrons. The molecule has 1 fully saturated rings. The Hall–Kier alpha value is -1.26. The Labute approximate surface area is 123 Å². The summed E-state index contributed by atoms with van der Waals surface area (Å²) in [7, 11) is -4.39. The van der Waals surface area contributed by atoms with Gasteiger partial charge in [-0.1, -0.05) is 0 Å². The van der Waals surface area contributed by atoms with Gasteiger partial charge >= 0.3 is 6.18 Å². The monoisotopic (exact) mass is 345 g/mol. The van der Waals surface area contributed by atoms with E-state index in [0.29, 0.717) is 16.4 Å². The Morgan fingerprint density at radius 1 is 1.14 bits per heavy atom. The maximum Gasteiger partial charge on any atom is 0.417 e. The lowest BCUT2D eigenvalue weighted by Gasteiger charge is -2.38. The predicted octanol–water partition coefficient (Wildman–Crippen LogP) is 2.04. The van der Waals surface area contributed by atoms with Crippen LogP contribution in [0.25, 0.3) is 0 Å². The van der Waals surface area contributed by atoms with Crippen molar-refractivity contribution in [2.24, 2.45) is 0 Å². The van der Waals surface area contributed by atoms with Crippen molar-refractivity contribution in [1.82, 2.24) is 4.31 Å². The maximum atomic E-state index is 13.6. The van der Waals surface area contributed by atoms with Crippen molar-refractivity contribution < 1.29 is 35.5 Å². The Morgan fingerprint density at radius 3 is 2.14 bits per heavy atom. The third-order valence-corrected chi connectivity index (χ3v) is 5.52. The van der Waals surface area contributed by atoms with E-state index in [4.69, 9.17) is 0 Å². The summed E-state index contributed by atoms with van der Waals surface area (Å²) in [6.07, 6.45) is -6.57. The van der Waals surface area contributed by atoms with E-state index >= 15 is 0 Å². The van der Waals surface area contributed by atoms with Crippen LogP contribution in [0.4, 0.5) is 22.0 Å². The number of benzene rings is 1. The fourth-order valence-electron chi connectivity index (χ4n) is 2.20. The number of hydrogen-bond donors (Lipinski definition) is 1. The lowest BCUT2D eigenvalue weighted by atomic mass is 9.92. The summed E-state index contributed by atoms with van der Waals surface area (Å²) < 4.78 is 89.4. The number of rotatable bonds is 2. The van der Waals surface area contributed by atoms with E-state index in [1.165, 1.54) is 0 Å². The minimum absolute atomic E-state index is 0.378. The van der Waals surface area contributed by atoms with E-state index in [0.717, 1.165) is 6.07 Å². The van der Waals surface area contributed by atoms with Crippen molar-refractivity contribution in [3.63, 3.8) is 0 Å². The van der Waals surface area contributed by atoms with Crippen molar-refractivity contribution in [1.29, 1.82) is 0 Å². The van der Waals surface area contributed by atoms with E-state index < -0.39 is 64.3 Å². The van der Waals surface area contributed by atoms with E-state index in [1.807, 2.05) is 0 Å². The number of alkyl halides is 3. The van der Waals surface area contributed by atoms with Crippen LogP contribution in [0.1, 0.15) is 12.8 Å². The van der Waals surface area contributed by atoms with Gasteiger partial charge in [0.05, 0.1) is 0 Å². The first-order chi connectivity index (χ1) is 9.97. The molecule has 1 aromatic carbocycles. The first kappa shape index (κ1) is 17.1. The third kappa shape index (κ3) is 2.95. The highest BCUT2D eigenvalue weighted by atomic mass is 32.2. The number of nitrogens with zero attached hydrogens (tertiary/aromatic N) is 1. The first-order valence-corrected chi connectivity index (χ1v) is 7.66. The van der Waals surface area contributed by atoms with Crippen LogP contribution in [-0.4, -0.2) is 42.7 Å². The molecule has 0 aromatic heterocycles. The van der Waals surface area contributed by atoms with Gasteiger partial charge in [0.25, 0.3) is 0 Å². The number of piperidine rings is 1. The number of sulfonamides is 1. The molecule has 4 nitrogen and oxygen atoms in total. The Kier molecular flexibility index (Phi) is 4.22. The van der Waals surface area contributed by atoms with E-state index in [-0.39, 0.29) is 0 Å². The highest BCUT2D eigenvalue weighted by Gasteiger charge is 2.55. The zero-order valence-electron chi connectivity index (χ0n) is 11.1. The van der Waals surface area contributed by atoms with Crippen molar-refractivity contribution in [3.8, 4) is 0 Å². The average molecular weight is 345 g/mol. The van der Waals surface area contributed by atoms with Crippen molar-refractivity contribution in [2.75, 3.05) is 13.1 Å². The molecule has 1 N–H and O–H groups in total. The summed E-state index contributed by atoms with van der Waals surface area (Å²) >= 11 is 0. The lowest BCUT2D eigenvalue weighted by Crippen LogP contribution is -2.54. The van der Waals surface area contributed by atoms with Gasteiger partial charge in [0.1, 0.15) is 16.5 Å². The molecule has 124 valence electrons. The van der Waals surface area contributed by atoms with Gasteiger partial charge in [-0.2, -0.15) is 17.5 Å². The van der Waals surface area contributed by atoms with Crippen molar-refractivity contribution in [3.05, 3.63) is 29.8 Å². The Balaban J connectivity index is 2.23. The molecule has 1 aliphatic rings. The van der Waals surface area contributed by atoms with Gasteiger partial charge in [-0.15, -0.1) is 0 Å². The molecule has 0 unspecified atom stereocenters. The summed E-state index contributed by atoms with van der Waals surface area (Å²) in [6, 6.07) is 1.83. The standard InChI is InChI=1S/C12H12F5NO3S/c13-8-1-2-10(9(14)7-8)22(20,21)18-5-3-11(19,4-6-18)12(15,16)17/h1-2,7,19H,3-6H2. The topological polar surface area (TPSA) is 57.6 Å². The first-order valence-electron chi connectivity index (χ1n) is 6.22. The highest BCUT2D eigenvalue weighted by molar-refractivity contribution is 7.89. The molecule has 1 heterocycles. The quantitative estimate of drug-likeness (QED) is 0.835. The molecule has 2 rings (SSSR count). The summed E-state index contributed by atoms with van der Waals surface area (Å²) in [6.45, 7) is -1.23. The summed E-state index contributed by atoms with van der Waals surface area (Å²) in [4.78, 5) is -0.814. The van der Waals surface area contributed by atoms with Gasteiger partial charge in [0, 0.05) is 19.2 Å². The molecule has 1 aliphatic heterocycles. The fourth-order valence-corrected chi connectivity index (χ4v) is 3.69. The summed E-state index contributed by atoms with van der Waals surface area (Å²) in [5, 5.41) is 9.48. The van der Waals surface area contributed by atoms with Crippen LogP contribution >= 0.6 is 0 Å². The molecule has 0 saturated carbocycles. The maximum absolute atomic E-state index is 13.6. The van der Waals surface area contributed by atoms with Gasteiger partial charge < -0.3 is 5.11 Å². The molecular weight excluding hydrogens is 333 g/mol. The molecule has 1 saturated heterocycles. The minimum Gasteiger partial charge on any atom is -0.380 e. The zero-order chi connectivity index (χ0) is 16.8. The SMILES string of the molecule is O=S(=O)(c1ccc(F)cc1F)N1CCC(O)(C(F)(F)F)CC1. The smallest absolute Gasteiger partial charge is 0.380 e. The normalized spacial score (nSPS) is 20.1. The second-order valence-corrected chi connectivity index (χ2v) is 6.91. The van der Waals surface area contributed by atoms with Gasteiger partial charge in [-0.05, 0) is 25.0 Å². The van der Waals surface area contributed by atoms with Crippen LogP contribution in [0, 0.1) is 11.6 Å². The third-order valence-electron chi connectivity index (χ3n) is 3.59. The molecule has 10 heteroatoms. The van der Waals surface area contributed by atoms with Crippen LogP contribution in [0.5, 0.6) is 0 Å². The van der Waals surface area contributed by atoms with E-state index in [2.05, 4.69) is 0 Å². The summed E-state index contributed by atoms with van der Waals surface area (Å²) in [5.41, 5.74) is -2.96. The zero-order valence-corrected chi connectivity index (χ0v) is 11.9. The predicted molar refractivity (Wildman–Crippen MR) is 65.4 cm³/mol. The van der Waals surface area contributed by atoms with Crippen LogP contribution in [0.15, 0.2) is 23.1 Å². The van der Waals surface area contributed by atoms with Crippen molar-refractivity contribution >= 4 is 10.0 Å². The van der Waals surface area contributed by atoms with Crippen LogP contribution < -0.4 is 0 Å². The van der Waals surface area contributed by atoms with Crippen LogP contribution in [0.2, 0.25) is 0 Å². The number of halogens is 5. The van der Waals surface area contributed by atoms with Gasteiger partial charge in [-0.3, -0.25) is 0 Å². The minimum atomic E-state index is -4.87. The van der Waals surface area contributed by atoms with Crippen LogP contribution in [-0.2, 0) is 10.0 Å². The summed E-state index contributed by atoms with van der Waals surface area (Å²) in [5.74, 6) is -2.29. The molecule has 0 aliphatic carbocycles. The second-order valence-electron chi connectivity index (χ2n) is 5.01. The number of aliphatic hydroxyl groups is 1. The van der Waals surface area contributed by atoms with E-state index in [1.54, 1.807) is 0 Å². The van der Waals surface area contributed by atoms with Gasteiger partial charge in [0.2, 0.25) is 10.0 Å². The molecule has 1 aromatic rings. The Bertz CT molecular complexity index is 666. The van der Waals surface area contributed by atoms with E-state index in [9.17, 15) is 35.5 Å². The second kappa shape index (κ2) is 5.43. The van der Waals surface area contributed by atoms with Crippen LogP contribution in [0.3, 0.4) is 0 Å². The highest BCUT2D eigenvalue weighted by Crippen LogP contribution is 2.39. The van der Waals surface area contributed by atoms with Gasteiger partial charge in [-0.25, -0.2) is 17.2 Å². The largest absolute Gasteiger partial charge is 0.417 e. The fraction of sp³-hybridized carbons (Fsp3) is 0.500. The number of hydrogen-bond acceptors (Lipinski definition) is 3. The molecule has 0 atom stereocenters. The van der Waals surface area contributed by atoms with Crippen molar-refractivity contribution in [2.45, 2.75) is 29.5 Å². The molecule has 0 bridgehead atoms. The molecule has 0 spiro atoms. The molecular formula is C12H12F5NO3S.